The molecule has 2 aromatic heterocycles. The van der Waals surface area contributed by atoms with Crippen LogP contribution in [0.1, 0.15) is 35.4 Å². The summed E-state index contributed by atoms with van der Waals surface area (Å²) in [6.45, 7) is 3.15. The Balaban J connectivity index is 1.69. The van der Waals surface area contributed by atoms with Crippen LogP contribution >= 0.6 is 0 Å². The summed E-state index contributed by atoms with van der Waals surface area (Å²) in [5, 5.41) is 13.4. The fraction of sp³-hybridized carbons (Fsp3) is 0.556. The molecule has 4 heterocycles. The second-order valence-corrected chi connectivity index (χ2v) is 7.30. The van der Waals surface area contributed by atoms with Gasteiger partial charge in [-0.2, -0.15) is 0 Å². The third-order valence-electron chi connectivity index (χ3n) is 5.82. The Morgan fingerprint density at radius 2 is 2.27 bits per heavy atom. The van der Waals surface area contributed by atoms with Crippen molar-refractivity contribution in [3.8, 4) is 0 Å². The number of aliphatic hydroxyl groups excluding tert-OH is 1. The Bertz CT molecular complexity index is 892. The standard InChI is InChI=1S/C18H23N5O3/c1-11-21-14-12(4-8-19-15(14)22(11)2)16(25)23-9-5-13(24)18(10-23)6-3-7-20-17(18)26/h4,8,13,24H,3,5-7,9-10H2,1-2H3,(H,20,26)/t13-,18-/m1/s1. The van der Waals surface area contributed by atoms with Gasteiger partial charge in [-0.1, -0.05) is 0 Å². The summed E-state index contributed by atoms with van der Waals surface area (Å²) >= 11 is 0. The van der Waals surface area contributed by atoms with Gasteiger partial charge in [-0.15, -0.1) is 0 Å². The molecule has 0 radical (unpaired) electrons. The van der Waals surface area contributed by atoms with Crippen LogP contribution in [-0.2, 0) is 11.8 Å². The number of hydrogen-bond donors (Lipinski definition) is 2. The number of aryl methyl sites for hydroxylation is 2. The van der Waals surface area contributed by atoms with Gasteiger partial charge in [0.2, 0.25) is 5.91 Å². The Labute approximate surface area is 151 Å². The van der Waals surface area contributed by atoms with E-state index in [0.29, 0.717) is 42.7 Å². The summed E-state index contributed by atoms with van der Waals surface area (Å²) in [6, 6.07) is 1.68. The first-order valence-corrected chi connectivity index (χ1v) is 8.98. The molecule has 1 spiro atoms. The summed E-state index contributed by atoms with van der Waals surface area (Å²) in [5.41, 5.74) is 0.820. The molecule has 26 heavy (non-hydrogen) atoms. The molecule has 0 saturated carbocycles. The Morgan fingerprint density at radius 3 is 3.04 bits per heavy atom. The van der Waals surface area contributed by atoms with Gasteiger partial charge in [-0.05, 0) is 32.3 Å². The maximum Gasteiger partial charge on any atom is 0.256 e. The molecule has 2 aliphatic heterocycles. The minimum absolute atomic E-state index is 0.151. The number of fused-ring (bicyclic) bond motifs is 1. The van der Waals surface area contributed by atoms with Crippen LogP contribution in [0.4, 0.5) is 0 Å². The lowest BCUT2D eigenvalue weighted by molar-refractivity contribution is -0.147. The topological polar surface area (TPSA) is 100 Å². The third kappa shape index (κ3) is 2.39. The van der Waals surface area contributed by atoms with Gasteiger partial charge in [0.25, 0.3) is 5.91 Å². The first-order chi connectivity index (χ1) is 12.4. The minimum Gasteiger partial charge on any atom is -0.392 e. The van der Waals surface area contributed by atoms with E-state index in [1.807, 2.05) is 18.5 Å². The quantitative estimate of drug-likeness (QED) is 0.768. The first kappa shape index (κ1) is 17.0. The highest BCUT2D eigenvalue weighted by Gasteiger charge is 2.50. The predicted molar refractivity (Wildman–Crippen MR) is 94.5 cm³/mol. The zero-order valence-corrected chi connectivity index (χ0v) is 15.0. The van der Waals surface area contributed by atoms with Gasteiger partial charge in [-0.3, -0.25) is 9.59 Å². The molecule has 2 aliphatic rings. The molecule has 8 heteroatoms. The number of carbonyl (C=O) groups excluding carboxylic acids is 2. The second kappa shape index (κ2) is 6.05. The number of amides is 2. The van der Waals surface area contributed by atoms with Crippen LogP contribution in [0.2, 0.25) is 0 Å². The first-order valence-electron chi connectivity index (χ1n) is 8.98. The monoisotopic (exact) mass is 357 g/mol. The number of carbonyl (C=O) groups is 2. The van der Waals surface area contributed by atoms with Crippen molar-refractivity contribution in [3.05, 3.63) is 23.7 Å². The third-order valence-corrected chi connectivity index (χ3v) is 5.82. The van der Waals surface area contributed by atoms with E-state index in [-0.39, 0.29) is 18.4 Å². The van der Waals surface area contributed by atoms with Gasteiger partial charge in [-0.25, -0.2) is 9.97 Å². The Hall–Kier alpha value is -2.48. The van der Waals surface area contributed by atoms with Crippen molar-refractivity contribution in [1.82, 2.24) is 24.8 Å². The van der Waals surface area contributed by atoms with Gasteiger partial charge in [0, 0.05) is 32.9 Å². The van der Waals surface area contributed by atoms with Crippen molar-refractivity contribution in [1.29, 1.82) is 0 Å². The van der Waals surface area contributed by atoms with Gasteiger partial charge < -0.3 is 19.9 Å². The smallest absolute Gasteiger partial charge is 0.256 e. The fourth-order valence-electron chi connectivity index (χ4n) is 4.15. The van der Waals surface area contributed by atoms with Crippen LogP contribution in [0.5, 0.6) is 0 Å². The number of likely N-dealkylation sites (tertiary alicyclic amines) is 1. The average Bonchev–Trinajstić information content (AvgIpc) is 2.93. The average molecular weight is 357 g/mol. The second-order valence-electron chi connectivity index (χ2n) is 7.30. The van der Waals surface area contributed by atoms with Crippen molar-refractivity contribution in [2.75, 3.05) is 19.6 Å². The van der Waals surface area contributed by atoms with Gasteiger partial charge >= 0.3 is 0 Å². The molecule has 0 unspecified atom stereocenters. The molecule has 4 rings (SSSR count). The number of aromatic nitrogens is 3. The van der Waals surface area contributed by atoms with E-state index in [0.717, 1.165) is 12.2 Å². The largest absolute Gasteiger partial charge is 0.392 e. The molecule has 8 nitrogen and oxygen atoms in total. The SMILES string of the molecule is Cc1nc2c(C(=O)N3CC[C@@H](O)[C@@]4(CCCNC4=O)C3)ccnc2n1C. The molecule has 2 atom stereocenters. The highest BCUT2D eigenvalue weighted by atomic mass is 16.3. The van der Waals surface area contributed by atoms with Crippen molar-refractivity contribution in [2.24, 2.45) is 12.5 Å². The Kier molecular flexibility index (Phi) is 3.95. The number of aliphatic hydroxyl groups is 1. The molecule has 0 aliphatic carbocycles. The normalized spacial score (nSPS) is 26.3. The van der Waals surface area contributed by atoms with Crippen LogP contribution in [0.3, 0.4) is 0 Å². The summed E-state index contributed by atoms with van der Waals surface area (Å²) < 4.78 is 1.85. The van der Waals surface area contributed by atoms with E-state index in [1.165, 1.54) is 0 Å². The molecular weight excluding hydrogens is 334 g/mol. The highest BCUT2D eigenvalue weighted by Crippen LogP contribution is 2.38. The zero-order chi connectivity index (χ0) is 18.5. The van der Waals surface area contributed by atoms with Gasteiger partial charge in [0.05, 0.1) is 17.1 Å². The maximum atomic E-state index is 13.2. The number of imidazole rings is 1. The van der Waals surface area contributed by atoms with Crippen molar-refractivity contribution < 1.29 is 14.7 Å². The van der Waals surface area contributed by atoms with Crippen molar-refractivity contribution >= 4 is 23.0 Å². The van der Waals surface area contributed by atoms with E-state index < -0.39 is 11.5 Å². The molecule has 2 saturated heterocycles. The van der Waals surface area contributed by atoms with E-state index in [4.69, 9.17) is 0 Å². The lowest BCUT2D eigenvalue weighted by Crippen LogP contribution is -2.62. The van der Waals surface area contributed by atoms with Crippen LogP contribution in [0.15, 0.2) is 12.3 Å². The number of piperidine rings is 2. The summed E-state index contributed by atoms with van der Waals surface area (Å²) in [4.78, 5) is 36.2. The van der Waals surface area contributed by atoms with Gasteiger partial charge in [0.15, 0.2) is 5.65 Å². The number of hydrogen-bond acceptors (Lipinski definition) is 5. The van der Waals surface area contributed by atoms with E-state index in [1.54, 1.807) is 17.2 Å². The lowest BCUT2D eigenvalue weighted by atomic mass is 9.71. The minimum atomic E-state index is -0.904. The molecule has 2 fully saturated rings. The molecule has 138 valence electrons. The predicted octanol–water partition coefficient (Wildman–Crippen LogP) is 0.380. The molecule has 2 amide bonds. The Morgan fingerprint density at radius 1 is 1.46 bits per heavy atom. The summed E-state index contributed by atoms with van der Waals surface area (Å²) in [7, 11) is 1.87. The highest BCUT2D eigenvalue weighted by molar-refractivity contribution is 6.04. The van der Waals surface area contributed by atoms with E-state index in [9.17, 15) is 14.7 Å². The van der Waals surface area contributed by atoms with Crippen molar-refractivity contribution in [3.63, 3.8) is 0 Å². The van der Waals surface area contributed by atoms with Crippen LogP contribution in [0, 0.1) is 12.3 Å². The number of rotatable bonds is 1. The van der Waals surface area contributed by atoms with Crippen LogP contribution < -0.4 is 5.32 Å². The summed E-state index contributed by atoms with van der Waals surface area (Å²) in [5.74, 6) is 0.465. The van der Waals surface area contributed by atoms with Crippen LogP contribution in [0.25, 0.3) is 11.2 Å². The summed E-state index contributed by atoms with van der Waals surface area (Å²) in [6.07, 6.45) is 2.69. The van der Waals surface area contributed by atoms with Crippen molar-refractivity contribution in [2.45, 2.75) is 32.3 Å². The van der Waals surface area contributed by atoms with Gasteiger partial charge in [0.1, 0.15) is 11.3 Å². The molecular formula is C18H23N5O3. The molecule has 0 bridgehead atoms. The molecule has 0 aromatic carbocycles. The van der Waals surface area contributed by atoms with E-state index >= 15 is 0 Å². The molecule has 2 aromatic rings. The lowest BCUT2D eigenvalue weighted by Gasteiger charge is -2.46. The zero-order valence-electron chi connectivity index (χ0n) is 15.0. The fourth-order valence-corrected chi connectivity index (χ4v) is 4.15. The molecule has 2 N–H and O–H groups in total. The number of nitrogens with zero attached hydrogens (tertiary/aromatic N) is 4. The van der Waals surface area contributed by atoms with E-state index in [2.05, 4.69) is 15.3 Å². The maximum absolute atomic E-state index is 13.2. The number of pyridine rings is 1. The number of nitrogens with one attached hydrogen (secondary N) is 1. The van der Waals surface area contributed by atoms with Crippen LogP contribution in [-0.4, -0.2) is 62.1 Å².